The minimum Gasteiger partial charge on any atom is -0.490 e. The van der Waals surface area contributed by atoms with Crippen molar-refractivity contribution in [2.75, 3.05) is 13.2 Å². The van der Waals surface area contributed by atoms with E-state index in [0.717, 1.165) is 43.8 Å². The summed E-state index contributed by atoms with van der Waals surface area (Å²) < 4.78 is 11.2. The van der Waals surface area contributed by atoms with E-state index in [1.54, 1.807) is 6.08 Å². The molecular formula is C18H25NO3. The molecule has 1 atom stereocenters. The van der Waals surface area contributed by atoms with E-state index in [9.17, 15) is 4.79 Å². The van der Waals surface area contributed by atoms with Gasteiger partial charge in [-0.2, -0.15) is 0 Å². The van der Waals surface area contributed by atoms with Crippen molar-refractivity contribution >= 4 is 12.0 Å². The lowest BCUT2D eigenvalue weighted by atomic mass is 10.1. The Balaban J connectivity index is 1.95. The van der Waals surface area contributed by atoms with Gasteiger partial charge in [0.25, 0.3) is 0 Å². The lowest BCUT2D eigenvalue weighted by Crippen LogP contribution is -2.37. The summed E-state index contributed by atoms with van der Waals surface area (Å²) in [6.45, 7) is 5.57. The molecule has 0 aliphatic carbocycles. The largest absolute Gasteiger partial charge is 0.490 e. The molecule has 0 saturated carbocycles. The zero-order valence-corrected chi connectivity index (χ0v) is 13.4. The molecule has 1 aliphatic rings. The zero-order valence-electron chi connectivity index (χ0n) is 13.4. The van der Waals surface area contributed by atoms with E-state index >= 15 is 0 Å². The zero-order chi connectivity index (χ0) is 15.8. The Bertz CT molecular complexity index is 507. The summed E-state index contributed by atoms with van der Waals surface area (Å²) in [7, 11) is 0. The first-order valence-corrected chi connectivity index (χ1v) is 8.01. The molecule has 1 fully saturated rings. The molecule has 1 aliphatic heterocycles. The first-order valence-electron chi connectivity index (χ1n) is 8.01. The van der Waals surface area contributed by atoms with Crippen molar-refractivity contribution in [1.29, 1.82) is 0 Å². The van der Waals surface area contributed by atoms with Gasteiger partial charge >= 0.3 is 0 Å². The van der Waals surface area contributed by atoms with Crippen molar-refractivity contribution < 1.29 is 14.3 Å². The maximum Gasteiger partial charge on any atom is 0.244 e. The van der Waals surface area contributed by atoms with Gasteiger partial charge in [0.2, 0.25) is 5.91 Å². The van der Waals surface area contributed by atoms with Gasteiger partial charge in [0.05, 0.1) is 6.10 Å². The second-order valence-electron chi connectivity index (χ2n) is 5.60. The quantitative estimate of drug-likeness (QED) is 0.821. The molecule has 0 radical (unpaired) electrons. The topological polar surface area (TPSA) is 47.6 Å². The normalized spacial score (nSPS) is 17.4. The van der Waals surface area contributed by atoms with Gasteiger partial charge in [0, 0.05) is 30.9 Å². The Kier molecular flexibility index (Phi) is 6.46. The van der Waals surface area contributed by atoms with Crippen molar-refractivity contribution in [1.82, 2.24) is 5.32 Å². The number of hydrogen-bond acceptors (Lipinski definition) is 3. The molecule has 1 aromatic carbocycles. The molecular weight excluding hydrogens is 278 g/mol. The average molecular weight is 303 g/mol. The molecule has 4 heteroatoms. The molecule has 22 heavy (non-hydrogen) atoms. The van der Waals surface area contributed by atoms with Crippen LogP contribution < -0.4 is 10.1 Å². The van der Waals surface area contributed by atoms with Crippen molar-refractivity contribution in [3.05, 3.63) is 35.9 Å². The van der Waals surface area contributed by atoms with Crippen LogP contribution in [0.4, 0.5) is 0 Å². The van der Waals surface area contributed by atoms with Gasteiger partial charge in [-0.05, 0) is 38.3 Å². The van der Waals surface area contributed by atoms with Crippen LogP contribution >= 0.6 is 0 Å². The highest BCUT2D eigenvalue weighted by Crippen LogP contribution is 2.21. The predicted octanol–water partition coefficient (Wildman–Crippen LogP) is 3.17. The summed E-state index contributed by atoms with van der Waals surface area (Å²) in [5.74, 6) is 0.747. The summed E-state index contributed by atoms with van der Waals surface area (Å²) in [4.78, 5) is 12.0. The van der Waals surface area contributed by atoms with Gasteiger partial charge in [0.1, 0.15) is 5.75 Å². The lowest BCUT2D eigenvalue weighted by Gasteiger charge is -2.22. The summed E-state index contributed by atoms with van der Waals surface area (Å²) in [5, 5.41) is 3.01. The molecule has 2 rings (SSSR count). The number of nitrogens with one attached hydrogen (secondary N) is 1. The molecule has 1 N–H and O–H groups in total. The fourth-order valence-corrected chi connectivity index (χ4v) is 2.28. The van der Waals surface area contributed by atoms with Gasteiger partial charge in [0.15, 0.2) is 0 Å². The number of rotatable bonds is 6. The summed E-state index contributed by atoms with van der Waals surface area (Å²) in [6, 6.07) is 7.99. The maximum absolute atomic E-state index is 12.0. The minimum atomic E-state index is -0.0646. The number of para-hydroxylation sites is 1. The highest BCUT2D eigenvalue weighted by molar-refractivity contribution is 5.92. The number of hydrogen-bond donors (Lipinski definition) is 1. The summed E-state index contributed by atoms with van der Waals surface area (Å²) in [6.07, 6.45) is 6.26. The Morgan fingerprint density at radius 3 is 2.86 bits per heavy atom. The Morgan fingerprint density at radius 1 is 1.41 bits per heavy atom. The van der Waals surface area contributed by atoms with Gasteiger partial charge in [-0.1, -0.05) is 25.1 Å². The fraction of sp³-hybridized carbons (Fsp3) is 0.500. The smallest absolute Gasteiger partial charge is 0.244 e. The van der Waals surface area contributed by atoms with Crippen LogP contribution in [0.25, 0.3) is 6.08 Å². The highest BCUT2D eigenvalue weighted by atomic mass is 16.5. The standard InChI is InChI=1S/C18H25NO3/c1-3-14(2)22-17-7-5-4-6-15(17)8-9-18(20)19-16-10-12-21-13-11-16/h4-9,14,16H,3,10-13H2,1-2H3,(H,19,20)/b9-8+. The van der Waals surface area contributed by atoms with E-state index in [2.05, 4.69) is 12.2 Å². The Hall–Kier alpha value is -1.81. The van der Waals surface area contributed by atoms with Gasteiger partial charge in [-0.15, -0.1) is 0 Å². The molecule has 120 valence electrons. The second-order valence-corrected chi connectivity index (χ2v) is 5.60. The van der Waals surface area contributed by atoms with Crippen LogP contribution in [0.15, 0.2) is 30.3 Å². The third-order valence-corrected chi connectivity index (χ3v) is 3.80. The third-order valence-electron chi connectivity index (χ3n) is 3.80. The van der Waals surface area contributed by atoms with Gasteiger partial charge in [-0.3, -0.25) is 4.79 Å². The maximum atomic E-state index is 12.0. The molecule has 1 unspecified atom stereocenters. The number of ether oxygens (including phenoxy) is 2. The second kappa shape index (κ2) is 8.59. The van der Waals surface area contributed by atoms with Gasteiger partial charge < -0.3 is 14.8 Å². The van der Waals surface area contributed by atoms with Crippen LogP contribution in [0.5, 0.6) is 5.75 Å². The van der Waals surface area contributed by atoms with Crippen molar-refractivity contribution in [3.8, 4) is 5.75 Å². The van der Waals surface area contributed by atoms with Crippen LogP contribution in [0.1, 0.15) is 38.7 Å². The van der Waals surface area contributed by atoms with Crippen LogP contribution in [-0.2, 0) is 9.53 Å². The number of carbonyl (C=O) groups excluding carboxylic acids is 1. The Labute approximate surface area is 132 Å². The number of carbonyl (C=O) groups is 1. The van der Waals surface area contributed by atoms with Crippen molar-refractivity contribution in [2.24, 2.45) is 0 Å². The van der Waals surface area contributed by atoms with Crippen LogP contribution in [0.3, 0.4) is 0 Å². The first kappa shape index (κ1) is 16.6. The number of benzene rings is 1. The minimum absolute atomic E-state index is 0.0646. The van der Waals surface area contributed by atoms with Crippen LogP contribution in [0, 0.1) is 0 Å². The van der Waals surface area contributed by atoms with E-state index in [4.69, 9.17) is 9.47 Å². The van der Waals surface area contributed by atoms with E-state index < -0.39 is 0 Å². The van der Waals surface area contributed by atoms with Crippen LogP contribution in [0.2, 0.25) is 0 Å². The monoisotopic (exact) mass is 303 g/mol. The first-order chi connectivity index (χ1) is 10.7. The molecule has 0 bridgehead atoms. The molecule has 1 amide bonds. The van der Waals surface area contributed by atoms with E-state index in [1.807, 2.05) is 37.3 Å². The molecule has 1 heterocycles. The lowest BCUT2D eigenvalue weighted by molar-refractivity contribution is -0.117. The molecule has 0 aromatic heterocycles. The van der Waals surface area contributed by atoms with E-state index in [0.29, 0.717) is 0 Å². The highest BCUT2D eigenvalue weighted by Gasteiger charge is 2.14. The fourth-order valence-electron chi connectivity index (χ4n) is 2.28. The summed E-state index contributed by atoms with van der Waals surface area (Å²) in [5.41, 5.74) is 0.921. The van der Waals surface area contributed by atoms with Crippen molar-refractivity contribution in [2.45, 2.75) is 45.3 Å². The molecule has 4 nitrogen and oxygen atoms in total. The number of amides is 1. The molecule has 1 saturated heterocycles. The molecule has 1 aromatic rings. The SMILES string of the molecule is CCC(C)Oc1ccccc1/C=C/C(=O)NC1CCOCC1. The predicted molar refractivity (Wildman–Crippen MR) is 87.8 cm³/mol. The molecule has 0 spiro atoms. The summed E-state index contributed by atoms with van der Waals surface area (Å²) >= 11 is 0. The van der Waals surface area contributed by atoms with E-state index in [1.165, 1.54) is 0 Å². The van der Waals surface area contributed by atoms with Crippen LogP contribution in [-0.4, -0.2) is 31.3 Å². The Morgan fingerprint density at radius 2 is 2.14 bits per heavy atom. The van der Waals surface area contributed by atoms with Crippen molar-refractivity contribution in [3.63, 3.8) is 0 Å². The third kappa shape index (κ3) is 5.19. The average Bonchev–Trinajstić information content (AvgIpc) is 2.55. The van der Waals surface area contributed by atoms with E-state index in [-0.39, 0.29) is 18.1 Å². The van der Waals surface area contributed by atoms with Gasteiger partial charge in [-0.25, -0.2) is 0 Å².